The number of amides is 1. The Bertz CT molecular complexity index is 239. The minimum Gasteiger partial charge on any atom is -0.351 e. The van der Waals surface area contributed by atoms with Crippen LogP contribution in [0.25, 0.3) is 0 Å². The summed E-state index contributed by atoms with van der Waals surface area (Å²) in [5, 5.41) is 7.21. The molecule has 0 atom stereocenters. The maximum Gasteiger partial charge on any atom is 0.264 e. The Labute approximate surface area is 82.7 Å². The van der Waals surface area contributed by atoms with E-state index in [4.69, 9.17) is 0 Å². The lowest BCUT2D eigenvalue weighted by Crippen LogP contribution is -2.23. The second-order valence-corrected chi connectivity index (χ2v) is 3.66. The van der Waals surface area contributed by atoms with Gasteiger partial charge in [-0.1, -0.05) is 20.4 Å². The van der Waals surface area contributed by atoms with Crippen molar-refractivity contribution in [1.29, 1.82) is 0 Å². The van der Waals surface area contributed by atoms with Gasteiger partial charge in [-0.2, -0.15) is 0 Å². The van der Waals surface area contributed by atoms with Crippen LogP contribution in [0.3, 0.4) is 0 Å². The SMILES string of the molecule is O=C(NCCCBr)c1cnns1. The van der Waals surface area contributed by atoms with Gasteiger partial charge >= 0.3 is 0 Å². The van der Waals surface area contributed by atoms with Gasteiger partial charge in [0.25, 0.3) is 5.91 Å². The zero-order valence-electron chi connectivity index (χ0n) is 6.29. The van der Waals surface area contributed by atoms with E-state index in [0.29, 0.717) is 11.4 Å². The van der Waals surface area contributed by atoms with Crippen LogP contribution in [0.5, 0.6) is 0 Å². The van der Waals surface area contributed by atoms with Crippen LogP contribution in [0.1, 0.15) is 16.1 Å². The van der Waals surface area contributed by atoms with Crippen molar-refractivity contribution >= 4 is 33.4 Å². The first-order chi connectivity index (χ1) is 5.84. The third-order valence-electron chi connectivity index (χ3n) is 1.18. The second-order valence-electron chi connectivity index (χ2n) is 2.08. The van der Waals surface area contributed by atoms with E-state index >= 15 is 0 Å². The predicted molar refractivity (Wildman–Crippen MR) is 50.7 cm³/mol. The lowest BCUT2D eigenvalue weighted by Gasteiger charge is -1.98. The number of nitrogens with zero attached hydrogens (tertiary/aromatic N) is 2. The molecule has 0 bridgehead atoms. The molecule has 0 unspecified atom stereocenters. The lowest BCUT2D eigenvalue weighted by molar-refractivity contribution is 0.0957. The number of rotatable bonds is 4. The zero-order chi connectivity index (χ0) is 8.81. The summed E-state index contributed by atoms with van der Waals surface area (Å²) in [4.78, 5) is 11.7. The lowest BCUT2D eigenvalue weighted by atomic mass is 10.4. The van der Waals surface area contributed by atoms with E-state index in [1.807, 2.05) is 0 Å². The van der Waals surface area contributed by atoms with Gasteiger partial charge in [0.1, 0.15) is 4.88 Å². The molecule has 12 heavy (non-hydrogen) atoms. The highest BCUT2D eigenvalue weighted by Crippen LogP contribution is 2.00. The van der Waals surface area contributed by atoms with Gasteiger partial charge in [0.05, 0.1) is 6.20 Å². The minimum atomic E-state index is -0.0917. The first-order valence-corrected chi connectivity index (χ1v) is 5.35. The molecule has 4 nitrogen and oxygen atoms in total. The van der Waals surface area contributed by atoms with E-state index in [9.17, 15) is 4.79 Å². The molecule has 0 aromatic carbocycles. The molecule has 0 fully saturated rings. The molecule has 0 aliphatic carbocycles. The molecule has 6 heteroatoms. The fourth-order valence-corrected chi connectivity index (χ4v) is 1.34. The summed E-state index contributed by atoms with van der Waals surface area (Å²) >= 11 is 4.38. The summed E-state index contributed by atoms with van der Waals surface area (Å²) in [5.74, 6) is -0.0917. The first kappa shape index (κ1) is 9.60. The van der Waals surface area contributed by atoms with Gasteiger partial charge in [-0.15, -0.1) is 5.10 Å². The number of hydrogen-bond acceptors (Lipinski definition) is 4. The highest BCUT2D eigenvalue weighted by molar-refractivity contribution is 9.09. The predicted octanol–water partition coefficient (Wildman–Crippen LogP) is 1.05. The standard InChI is InChI=1S/C6H8BrN3OS/c7-2-1-3-8-6(11)5-4-9-10-12-5/h4H,1-3H2,(H,8,11). The van der Waals surface area contributed by atoms with Crippen molar-refractivity contribution in [3.8, 4) is 0 Å². The topological polar surface area (TPSA) is 54.9 Å². The van der Waals surface area contributed by atoms with Crippen molar-refractivity contribution in [1.82, 2.24) is 14.9 Å². The summed E-state index contributed by atoms with van der Waals surface area (Å²) in [6.45, 7) is 0.683. The zero-order valence-corrected chi connectivity index (χ0v) is 8.69. The van der Waals surface area contributed by atoms with Crippen LogP contribution in [0.4, 0.5) is 0 Å². The number of aromatic nitrogens is 2. The van der Waals surface area contributed by atoms with Crippen LogP contribution in [0.15, 0.2) is 6.20 Å². The number of hydrogen-bond donors (Lipinski definition) is 1. The third-order valence-corrected chi connectivity index (χ3v) is 2.41. The Morgan fingerprint density at radius 3 is 3.17 bits per heavy atom. The first-order valence-electron chi connectivity index (χ1n) is 3.46. The second kappa shape index (κ2) is 5.21. The maximum atomic E-state index is 11.2. The summed E-state index contributed by atoms with van der Waals surface area (Å²) in [7, 11) is 0. The van der Waals surface area contributed by atoms with E-state index in [-0.39, 0.29) is 5.91 Å². The largest absolute Gasteiger partial charge is 0.351 e. The van der Waals surface area contributed by atoms with Gasteiger partial charge in [-0.3, -0.25) is 4.79 Å². The van der Waals surface area contributed by atoms with Crippen LogP contribution < -0.4 is 5.32 Å². The van der Waals surface area contributed by atoms with Gasteiger partial charge in [-0.05, 0) is 18.0 Å². The van der Waals surface area contributed by atoms with Crippen molar-refractivity contribution in [3.63, 3.8) is 0 Å². The minimum absolute atomic E-state index is 0.0917. The third kappa shape index (κ3) is 2.86. The Kier molecular flexibility index (Phi) is 4.16. The molecule has 0 saturated heterocycles. The fraction of sp³-hybridized carbons (Fsp3) is 0.500. The van der Waals surface area contributed by atoms with E-state index < -0.39 is 0 Å². The average molecular weight is 250 g/mol. The molecule has 1 aromatic heterocycles. The molecule has 0 aliphatic rings. The molecular weight excluding hydrogens is 242 g/mol. The quantitative estimate of drug-likeness (QED) is 0.642. The van der Waals surface area contributed by atoms with E-state index in [1.54, 1.807) is 0 Å². The number of carbonyl (C=O) groups is 1. The van der Waals surface area contributed by atoms with E-state index in [1.165, 1.54) is 6.20 Å². The Morgan fingerprint density at radius 2 is 2.58 bits per heavy atom. The number of halogens is 1. The van der Waals surface area contributed by atoms with Crippen molar-refractivity contribution in [2.24, 2.45) is 0 Å². The van der Waals surface area contributed by atoms with Crippen LogP contribution in [0, 0.1) is 0 Å². The molecular formula is C6H8BrN3OS. The van der Waals surface area contributed by atoms with Gasteiger partial charge in [0.15, 0.2) is 0 Å². The Morgan fingerprint density at radius 1 is 1.75 bits per heavy atom. The van der Waals surface area contributed by atoms with E-state index in [0.717, 1.165) is 23.3 Å². The van der Waals surface area contributed by atoms with Gasteiger partial charge in [0.2, 0.25) is 0 Å². The molecule has 1 rings (SSSR count). The molecule has 1 aromatic rings. The fourth-order valence-electron chi connectivity index (χ4n) is 0.623. The molecule has 0 spiro atoms. The summed E-state index contributed by atoms with van der Waals surface area (Å²) in [6, 6.07) is 0. The molecule has 0 radical (unpaired) electrons. The molecule has 66 valence electrons. The van der Waals surface area contributed by atoms with Crippen LogP contribution in [-0.4, -0.2) is 27.4 Å². The number of alkyl halides is 1. The number of nitrogens with one attached hydrogen (secondary N) is 1. The molecule has 0 aliphatic heterocycles. The van der Waals surface area contributed by atoms with Crippen molar-refractivity contribution in [3.05, 3.63) is 11.1 Å². The average Bonchev–Trinajstić information content (AvgIpc) is 2.56. The molecule has 1 heterocycles. The normalized spacial score (nSPS) is 9.75. The summed E-state index contributed by atoms with van der Waals surface area (Å²) in [6.07, 6.45) is 2.39. The van der Waals surface area contributed by atoms with E-state index in [2.05, 4.69) is 30.8 Å². The van der Waals surface area contributed by atoms with Crippen LogP contribution in [-0.2, 0) is 0 Å². The molecule has 0 saturated carbocycles. The maximum absolute atomic E-state index is 11.2. The van der Waals surface area contributed by atoms with Crippen LogP contribution in [0.2, 0.25) is 0 Å². The number of carbonyl (C=O) groups excluding carboxylic acids is 1. The highest BCUT2D eigenvalue weighted by Gasteiger charge is 2.05. The monoisotopic (exact) mass is 249 g/mol. The Balaban J connectivity index is 2.30. The summed E-state index contributed by atoms with van der Waals surface area (Å²) < 4.78 is 3.59. The van der Waals surface area contributed by atoms with Crippen molar-refractivity contribution in [2.45, 2.75) is 6.42 Å². The smallest absolute Gasteiger partial charge is 0.264 e. The van der Waals surface area contributed by atoms with Gasteiger partial charge in [0, 0.05) is 11.9 Å². The Hall–Kier alpha value is -0.490. The van der Waals surface area contributed by atoms with Crippen molar-refractivity contribution < 1.29 is 4.79 Å². The van der Waals surface area contributed by atoms with Crippen molar-refractivity contribution in [2.75, 3.05) is 11.9 Å². The molecule has 1 amide bonds. The van der Waals surface area contributed by atoms with Crippen LogP contribution >= 0.6 is 27.5 Å². The molecule has 1 N–H and O–H groups in total. The van der Waals surface area contributed by atoms with Gasteiger partial charge in [-0.25, -0.2) is 0 Å². The summed E-state index contributed by atoms with van der Waals surface area (Å²) in [5.41, 5.74) is 0. The highest BCUT2D eigenvalue weighted by atomic mass is 79.9. The van der Waals surface area contributed by atoms with Gasteiger partial charge < -0.3 is 5.32 Å².